The zero-order valence-corrected chi connectivity index (χ0v) is 13.3. The number of hydrogen-bond acceptors (Lipinski definition) is 1. The first-order valence-electron chi connectivity index (χ1n) is 6.46. The Morgan fingerprint density at radius 2 is 1.95 bits per heavy atom. The lowest BCUT2D eigenvalue weighted by Crippen LogP contribution is -2.13. The predicted octanol–water partition coefficient (Wildman–Crippen LogP) is 5.27. The smallest absolute Gasteiger partial charge is 0.0457 e. The largest absolute Gasteiger partial charge is 0.313 e. The maximum atomic E-state index is 6.36. The Balaban J connectivity index is 2.21. The van der Waals surface area contributed by atoms with E-state index in [4.69, 9.17) is 11.6 Å². The average molecular weight is 339 g/mol. The van der Waals surface area contributed by atoms with Crippen LogP contribution in [0, 0.1) is 0 Å². The van der Waals surface area contributed by atoms with Crippen LogP contribution in [-0.2, 0) is 6.54 Å². The van der Waals surface area contributed by atoms with Crippen LogP contribution in [0.25, 0.3) is 11.1 Å². The highest BCUT2D eigenvalue weighted by molar-refractivity contribution is 9.10. The van der Waals surface area contributed by atoms with E-state index in [1.807, 2.05) is 24.3 Å². The van der Waals surface area contributed by atoms with E-state index in [1.54, 1.807) is 0 Å². The maximum absolute atomic E-state index is 6.36. The molecular weight excluding hydrogens is 322 g/mol. The van der Waals surface area contributed by atoms with Crippen molar-refractivity contribution in [3.8, 4) is 11.1 Å². The maximum Gasteiger partial charge on any atom is 0.0457 e. The summed E-state index contributed by atoms with van der Waals surface area (Å²) in [6.07, 6.45) is 1.13. The van der Waals surface area contributed by atoms with Crippen molar-refractivity contribution in [3.05, 3.63) is 57.5 Å². The monoisotopic (exact) mass is 337 g/mol. The van der Waals surface area contributed by atoms with Gasteiger partial charge < -0.3 is 5.32 Å². The van der Waals surface area contributed by atoms with Crippen LogP contribution in [0.2, 0.25) is 5.02 Å². The van der Waals surface area contributed by atoms with Crippen molar-refractivity contribution in [1.29, 1.82) is 0 Å². The third-order valence-electron chi connectivity index (χ3n) is 2.98. The summed E-state index contributed by atoms with van der Waals surface area (Å²) in [5.74, 6) is 0. The van der Waals surface area contributed by atoms with Gasteiger partial charge in [-0.3, -0.25) is 0 Å². The zero-order valence-electron chi connectivity index (χ0n) is 10.9. The molecule has 0 aliphatic carbocycles. The van der Waals surface area contributed by atoms with Crippen LogP contribution in [0.15, 0.2) is 46.9 Å². The molecule has 0 aliphatic rings. The Bertz CT molecular complexity index is 554. The van der Waals surface area contributed by atoms with Crippen LogP contribution >= 0.6 is 27.5 Å². The Labute approximate surface area is 128 Å². The predicted molar refractivity (Wildman–Crippen MR) is 86.6 cm³/mol. The summed E-state index contributed by atoms with van der Waals surface area (Å²) in [6.45, 7) is 4.00. The van der Waals surface area contributed by atoms with Gasteiger partial charge in [0, 0.05) is 16.0 Å². The Hall–Kier alpha value is -0.830. The molecule has 0 heterocycles. The van der Waals surface area contributed by atoms with Gasteiger partial charge in [-0.1, -0.05) is 64.8 Å². The Morgan fingerprint density at radius 3 is 2.63 bits per heavy atom. The highest BCUT2D eigenvalue weighted by Gasteiger charge is 2.06. The molecule has 19 heavy (non-hydrogen) atoms. The topological polar surface area (TPSA) is 12.0 Å². The summed E-state index contributed by atoms with van der Waals surface area (Å²) >= 11 is 9.93. The molecule has 0 aromatic heterocycles. The van der Waals surface area contributed by atoms with Gasteiger partial charge in [-0.25, -0.2) is 0 Å². The van der Waals surface area contributed by atoms with E-state index in [0.29, 0.717) is 0 Å². The van der Waals surface area contributed by atoms with E-state index in [0.717, 1.165) is 45.7 Å². The first-order chi connectivity index (χ1) is 9.22. The van der Waals surface area contributed by atoms with Gasteiger partial charge in [0.2, 0.25) is 0 Å². The quantitative estimate of drug-likeness (QED) is 0.732. The Kier molecular flexibility index (Phi) is 5.44. The molecule has 0 radical (unpaired) electrons. The van der Waals surface area contributed by atoms with Gasteiger partial charge in [0.1, 0.15) is 0 Å². The number of halogens is 2. The lowest BCUT2D eigenvalue weighted by molar-refractivity contribution is 0.675. The summed E-state index contributed by atoms with van der Waals surface area (Å²) in [4.78, 5) is 0. The molecule has 100 valence electrons. The van der Waals surface area contributed by atoms with Crippen molar-refractivity contribution in [3.63, 3.8) is 0 Å². The number of benzene rings is 2. The second kappa shape index (κ2) is 7.09. The van der Waals surface area contributed by atoms with Gasteiger partial charge in [0.15, 0.2) is 0 Å². The fourth-order valence-corrected chi connectivity index (χ4v) is 2.71. The lowest BCUT2D eigenvalue weighted by Gasteiger charge is -2.09. The van der Waals surface area contributed by atoms with Gasteiger partial charge in [-0.15, -0.1) is 0 Å². The molecule has 1 N–H and O–H groups in total. The van der Waals surface area contributed by atoms with Crippen LogP contribution < -0.4 is 5.32 Å². The minimum atomic E-state index is 0.817. The summed E-state index contributed by atoms with van der Waals surface area (Å²) in [5, 5.41) is 4.19. The molecule has 0 spiro atoms. The van der Waals surface area contributed by atoms with Crippen molar-refractivity contribution in [2.75, 3.05) is 6.54 Å². The van der Waals surface area contributed by atoms with Crippen molar-refractivity contribution in [1.82, 2.24) is 5.32 Å². The van der Waals surface area contributed by atoms with Crippen LogP contribution in [0.1, 0.15) is 18.9 Å². The fraction of sp³-hybridized carbons (Fsp3) is 0.250. The minimum Gasteiger partial charge on any atom is -0.313 e. The van der Waals surface area contributed by atoms with E-state index in [1.165, 1.54) is 0 Å². The molecular formula is C16H17BrClN. The molecule has 0 unspecified atom stereocenters. The minimum absolute atomic E-state index is 0.817. The molecule has 2 rings (SSSR count). The van der Waals surface area contributed by atoms with E-state index in [-0.39, 0.29) is 0 Å². The van der Waals surface area contributed by atoms with Crippen LogP contribution in [0.4, 0.5) is 0 Å². The van der Waals surface area contributed by atoms with E-state index >= 15 is 0 Å². The van der Waals surface area contributed by atoms with Gasteiger partial charge in [-0.05, 0) is 41.8 Å². The van der Waals surface area contributed by atoms with E-state index in [9.17, 15) is 0 Å². The standard InChI is InChI=1S/C16H17BrClN/c1-2-9-19-11-13-8-7-12(10-16(13)18)14-5-3-4-6-15(14)17/h3-8,10,19H,2,9,11H2,1H3. The molecule has 3 heteroatoms. The highest BCUT2D eigenvalue weighted by atomic mass is 79.9. The van der Waals surface area contributed by atoms with E-state index in [2.05, 4.69) is 46.4 Å². The summed E-state index contributed by atoms with van der Waals surface area (Å²) in [7, 11) is 0. The van der Waals surface area contributed by atoms with E-state index < -0.39 is 0 Å². The molecule has 2 aromatic carbocycles. The second-order valence-electron chi connectivity index (χ2n) is 4.46. The fourth-order valence-electron chi connectivity index (χ4n) is 1.95. The van der Waals surface area contributed by atoms with Crippen molar-refractivity contribution < 1.29 is 0 Å². The van der Waals surface area contributed by atoms with Gasteiger partial charge in [-0.2, -0.15) is 0 Å². The second-order valence-corrected chi connectivity index (χ2v) is 5.72. The molecule has 2 aromatic rings. The third-order valence-corrected chi connectivity index (χ3v) is 4.02. The molecule has 0 amide bonds. The molecule has 0 saturated carbocycles. The number of rotatable bonds is 5. The first-order valence-corrected chi connectivity index (χ1v) is 7.63. The number of nitrogens with one attached hydrogen (secondary N) is 1. The van der Waals surface area contributed by atoms with Gasteiger partial charge in [0.05, 0.1) is 0 Å². The van der Waals surface area contributed by atoms with Crippen molar-refractivity contribution >= 4 is 27.5 Å². The molecule has 0 saturated heterocycles. The Morgan fingerprint density at radius 1 is 1.16 bits per heavy atom. The zero-order chi connectivity index (χ0) is 13.7. The molecule has 0 atom stereocenters. The summed E-state index contributed by atoms with van der Waals surface area (Å²) in [6, 6.07) is 14.4. The average Bonchev–Trinajstić information content (AvgIpc) is 2.41. The molecule has 0 fully saturated rings. The molecule has 0 aliphatic heterocycles. The van der Waals surface area contributed by atoms with Crippen LogP contribution in [0.5, 0.6) is 0 Å². The summed E-state index contributed by atoms with van der Waals surface area (Å²) < 4.78 is 1.09. The van der Waals surface area contributed by atoms with Crippen molar-refractivity contribution in [2.45, 2.75) is 19.9 Å². The summed E-state index contributed by atoms with van der Waals surface area (Å²) in [5.41, 5.74) is 3.44. The van der Waals surface area contributed by atoms with Gasteiger partial charge in [0.25, 0.3) is 0 Å². The van der Waals surface area contributed by atoms with Gasteiger partial charge >= 0.3 is 0 Å². The highest BCUT2D eigenvalue weighted by Crippen LogP contribution is 2.30. The SMILES string of the molecule is CCCNCc1ccc(-c2ccccc2Br)cc1Cl. The normalized spacial score (nSPS) is 10.7. The third kappa shape index (κ3) is 3.82. The molecule has 0 bridgehead atoms. The van der Waals surface area contributed by atoms with Crippen LogP contribution in [0.3, 0.4) is 0 Å². The first kappa shape index (κ1) is 14.6. The van der Waals surface area contributed by atoms with Crippen molar-refractivity contribution in [2.24, 2.45) is 0 Å². The van der Waals surface area contributed by atoms with Crippen LogP contribution in [-0.4, -0.2) is 6.54 Å². The number of hydrogen-bond donors (Lipinski definition) is 1. The molecule has 1 nitrogen and oxygen atoms in total. The lowest BCUT2D eigenvalue weighted by atomic mass is 10.0.